The van der Waals surface area contributed by atoms with Crippen LogP contribution in [0.25, 0.3) is 0 Å². The molecular formula is C12H24N8O. The van der Waals surface area contributed by atoms with E-state index in [1.807, 2.05) is 25.7 Å². The van der Waals surface area contributed by atoms with Crippen molar-refractivity contribution in [3.05, 3.63) is 0 Å². The minimum atomic E-state index is -0.0137. The predicted octanol–water partition coefficient (Wildman–Crippen LogP) is -0.0585. The summed E-state index contributed by atoms with van der Waals surface area (Å²) in [7, 11) is 0. The number of nitrogens with one attached hydrogen (secondary N) is 3. The molecule has 118 valence electrons. The Morgan fingerprint density at radius 3 is 2.38 bits per heavy atom. The van der Waals surface area contributed by atoms with E-state index in [1.54, 1.807) is 0 Å². The van der Waals surface area contributed by atoms with Crippen LogP contribution in [0.1, 0.15) is 27.2 Å². The summed E-state index contributed by atoms with van der Waals surface area (Å²) in [4.78, 5) is 26.0. The Bertz CT molecular complexity index is 449. The molecule has 9 nitrogen and oxygen atoms in total. The molecule has 0 aromatic carbocycles. The molecule has 21 heavy (non-hydrogen) atoms. The summed E-state index contributed by atoms with van der Waals surface area (Å²) in [6, 6.07) is 0. The number of amides is 1. The number of hydrogen-bond acceptors (Lipinski definition) is 8. The summed E-state index contributed by atoms with van der Waals surface area (Å²) < 4.78 is 0. The summed E-state index contributed by atoms with van der Waals surface area (Å²) in [5, 5.41) is 5.74. The van der Waals surface area contributed by atoms with Gasteiger partial charge in [0.1, 0.15) is 0 Å². The molecular weight excluding hydrogens is 272 g/mol. The van der Waals surface area contributed by atoms with E-state index in [0.29, 0.717) is 31.4 Å². The van der Waals surface area contributed by atoms with Crippen molar-refractivity contribution in [1.29, 1.82) is 0 Å². The van der Waals surface area contributed by atoms with Crippen LogP contribution in [-0.4, -0.2) is 47.0 Å². The molecule has 1 amide bonds. The molecule has 9 heteroatoms. The van der Waals surface area contributed by atoms with Gasteiger partial charge in [0.05, 0.1) is 0 Å². The number of anilines is 3. The van der Waals surface area contributed by atoms with Gasteiger partial charge in [-0.2, -0.15) is 15.0 Å². The molecule has 1 heterocycles. The number of nitrogens with two attached hydrogens (primary N) is 1. The standard InChI is InChI=1S/C12H24N8O/c1-4-14-9(21)7-8-15-10-16-11(19-13)18-12(17-10)20(5-2)6-3/h4-8,13H2,1-3H3,(H,14,21)(H2,15,16,17,18,19). The van der Waals surface area contributed by atoms with Crippen LogP contribution in [0.15, 0.2) is 0 Å². The minimum absolute atomic E-state index is 0.0137. The van der Waals surface area contributed by atoms with E-state index in [-0.39, 0.29) is 11.9 Å². The zero-order valence-corrected chi connectivity index (χ0v) is 12.8. The molecule has 0 aliphatic rings. The summed E-state index contributed by atoms with van der Waals surface area (Å²) in [5.41, 5.74) is 2.42. The van der Waals surface area contributed by atoms with Crippen molar-refractivity contribution in [3.63, 3.8) is 0 Å². The van der Waals surface area contributed by atoms with Crippen LogP contribution in [0.2, 0.25) is 0 Å². The second kappa shape index (κ2) is 8.90. The quantitative estimate of drug-likeness (QED) is 0.369. The summed E-state index contributed by atoms with van der Waals surface area (Å²) in [6.07, 6.45) is 0.353. The third-order valence-electron chi connectivity index (χ3n) is 2.81. The number of nitrogens with zero attached hydrogens (tertiary/aromatic N) is 4. The van der Waals surface area contributed by atoms with E-state index in [2.05, 4.69) is 31.0 Å². The molecule has 0 fully saturated rings. The fraction of sp³-hybridized carbons (Fsp3) is 0.667. The molecule has 0 atom stereocenters. The van der Waals surface area contributed by atoms with Crippen LogP contribution < -0.4 is 26.8 Å². The van der Waals surface area contributed by atoms with Gasteiger partial charge in [0.2, 0.25) is 23.8 Å². The molecule has 0 bridgehead atoms. The van der Waals surface area contributed by atoms with Gasteiger partial charge in [-0.25, -0.2) is 5.84 Å². The first kappa shape index (κ1) is 16.9. The normalized spacial score (nSPS) is 10.1. The molecule has 0 saturated carbocycles. The van der Waals surface area contributed by atoms with Crippen LogP contribution in [0.4, 0.5) is 17.8 Å². The average molecular weight is 296 g/mol. The lowest BCUT2D eigenvalue weighted by Crippen LogP contribution is -2.27. The van der Waals surface area contributed by atoms with Crippen LogP contribution >= 0.6 is 0 Å². The summed E-state index contributed by atoms with van der Waals surface area (Å²) in [5.74, 6) is 6.58. The van der Waals surface area contributed by atoms with Crippen LogP contribution in [0.5, 0.6) is 0 Å². The van der Waals surface area contributed by atoms with E-state index >= 15 is 0 Å². The predicted molar refractivity (Wildman–Crippen MR) is 83.0 cm³/mol. The Morgan fingerprint density at radius 1 is 1.14 bits per heavy atom. The fourth-order valence-electron chi connectivity index (χ4n) is 1.73. The zero-order valence-electron chi connectivity index (χ0n) is 12.8. The average Bonchev–Trinajstić information content (AvgIpc) is 2.48. The van der Waals surface area contributed by atoms with E-state index in [9.17, 15) is 4.79 Å². The highest BCUT2D eigenvalue weighted by Gasteiger charge is 2.10. The zero-order chi connectivity index (χ0) is 15.7. The first-order valence-corrected chi connectivity index (χ1v) is 7.12. The van der Waals surface area contributed by atoms with Gasteiger partial charge in [0, 0.05) is 32.6 Å². The molecule has 1 aromatic heterocycles. The number of rotatable bonds is 9. The van der Waals surface area contributed by atoms with Crippen molar-refractivity contribution in [1.82, 2.24) is 20.3 Å². The lowest BCUT2D eigenvalue weighted by atomic mass is 10.4. The molecule has 0 radical (unpaired) electrons. The maximum atomic E-state index is 11.4. The largest absolute Gasteiger partial charge is 0.356 e. The van der Waals surface area contributed by atoms with Crippen molar-refractivity contribution >= 4 is 23.8 Å². The maximum Gasteiger partial charge on any atom is 0.243 e. The van der Waals surface area contributed by atoms with E-state index < -0.39 is 0 Å². The van der Waals surface area contributed by atoms with Gasteiger partial charge >= 0.3 is 0 Å². The van der Waals surface area contributed by atoms with Crippen LogP contribution in [0.3, 0.4) is 0 Å². The molecule has 5 N–H and O–H groups in total. The molecule has 1 rings (SSSR count). The van der Waals surface area contributed by atoms with Crippen molar-refractivity contribution in [2.45, 2.75) is 27.2 Å². The Morgan fingerprint density at radius 2 is 1.81 bits per heavy atom. The first-order valence-electron chi connectivity index (χ1n) is 7.12. The highest BCUT2D eigenvalue weighted by Crippen LogP contribution is 2.12. The number of hydrogen-bond donors (Lipinski definition) is 4. The fourth-order valence-corrected chi connectivity index (χ4v) is 1.73. The second-order valence-electron chi connectivity index (χ2n) is 4.23. The third kappa shape index (κ3) is 5.38. The summed E-state index contributed by atoms with van der Waals surface area (Å²) in [6.45, 7) is 8.55. The number of aromatic nitrogens is 3. The minimum Gasteiger partial charge on any atom is -0.356 e. The number of carbonyl (C=O) groups is 1. The Hall–Kier alpha value is -2.16. The van der Waals surface area contributed by atoms with E-state index in [1.165, 1.54) is 0 Å². The topological polar surface area (TPSA) is 121 Å². The molecule has 0 aliphatic heterocycles. The van der Waals surface area contributed by atoms with Gasteiger partial charge in [-0.1, -0.05) is 0 Å². The van der Waals surface area contributed by atoms with E-state index in [4.69, 9.17) is 5.84 Å². The van der Waals surface area contributed by atoms with Gasteiger partial charge in [-0.3, -0.25) is 10.2 Å². The van der Waals surface area contributed by atoms with Crippen molar-refractivity contribution in [3.8, 4) is 0 Å². The van der Waals surface area contributed by atoms with E-state index in [0.717, 1.165) is 13.1 Å². The van der Waals surface area contributed by atoms with Gasteiger partial charge in [0.25, 0.3) is 0 Å². The number of hydrazine groups is 1. The smallest absolute Gasteiger partial charge is 0.243 e. The van der Waals surface area contributed by atoms with Crippen molar-refractivity contribution < 1.29 is 4.79 Å². The van der Waals surface area contributed by atoms with Crippen LogP contribution in [0, 0.1) is 0 Å². The lowest BCUT2D eigenvalue weighted by molar-refractivity contribution is -0.120. The highest BCUT2D eigenvalue weighted by molar-refractivity contribution is 5.76. The first-order chi connectivity index (χ1) is 10.1. The number of nitrogen functional groups attached to an aromatic ring is 1. The summed E-state index contributed by atoms with van der Waals surface area (Å²) >= 11 is 0. The second-order valence-corrected chi connectivity index (χ2v) is 4.23. The monoisotopic (exact) mass is 296 g/mol. The number of carbonyl (C=O) groups excluding carboxylic acids is 1. The lowest BCUT2D eigenvalue weighted by Gasteiger charge is -2.19. The van der Waals surface area contributed by atoms with Crippen molar-refractivity contribution in [2.75, 3.05) is 41.8 Å². The molecule has 0 spiro atoms. The Labute approximate surface area is 124 Å². The van der Waals surface area contributed by atoms with Gasteiger partial charge in [-0.15, -0.1) is 0 Å². The Kier molecular flexibility index (Phi) is 7.16. The molecule has 0 saturated heterocycles. The maximum absolute atomic E-state index is 11.4. The Balaban J connectivity index is 2.72. The van der Waals surface area contributed by atoms with Crippen LogP contribution in [-0.2, 0) is 4.79 Å². The molecule has 1 aromatic rings. The highest BCUT2D eigenvalue weighted by atomic mass is 16.1. The third-order valence-corrected chi connectivity index (χ3v) is 2.81. The van der Waals surface area contributed by atoms with Gasteiger partial charge < -0.3 is 15.5 Å². The van der Waals surface area contributed by atoms with Gasteiger partial charge in [0.15, 0.2) is 0 Å². The van der Waals surface area contributed by atoms with Crippen molar-refractivity contribution in [2.24, 2.45) is 5.84 Å². The molecule has 0 unspecified atom stereocenters. The molecule has 0 aliphatic carbocycles. The SMILES string of the molecule is CCNC(=O)CCNc1nc(NN)nc(N(CC)CC)n1. The van der Waals surface area contributed by atoms with Gasteiger partial charge in [-0.05, 0) is 20.8 Å².